The molecule has 1 saturated heterocycles. The van der Waals surface area contributed by atoms with E-state index in [1.165, 1.54) is 10.2 Å². The number of nitrogens with one attached hydrogen (secondary N) is 1. The fourth-order valence-corrected chi connectivity index (χ4v) is 3.64. The molecule has 0 unspecified atom stereocenters. The molecular weight excluding hydrogens is 354 g/mol. The Labute approximate surface area is 163 Å². The fraction of sp³-hybridized carbons (Fsp3) is 0.450. The molecule has 3 heterocycles. The largest absolute Gasteiger partial charge is 0.355 e. The van der Waals surface area contributed by atoms with E-state index in [-0.39, 0.29) is 17.9 Å². The van der Waals surface area contributed by atoms with Gasteiger partial charge in [0.1, 0.15) is 0 Å². The van der Waals surface area contributed by atoms with Crippen LogP contribution in [0.15, 0.2) is 42.5 Å². The number of aryl methyl sites for hydroxylation is 1. The van der Waals surface area contributed by atoms with Crippen molar-refractivity contribution >= 4 is 17.4 Å². The molecule has 0 spiro atoms. The predicted molar refractivity (Wildman–Crippen MR) is 106 cm³/mol. The Morgan fingerprint density at radius 1 is 1.18 bits per heavy atom. The number of rotatable bonds is 6. The molecular formula is C20H25N7O. The van der Waals surface area contributed by atoms with Gasteiger partial charge < -0.3 is 10.2 Å². The van der Waals surface area contributed by atoms with Gasteiger partial charge in [0.15, 0.2) is 11.5 Å². The molecule has 1 fully saturated rings. The Morgan fingerprint density at radius 3 is 2.75 bits per heavy atom. The molecule has 8 heteroatoms. The second-order valence-electron chi connectivity index (χ2n) is 7.41. The van der Waals surface area contributed by atoms with Crippen LogP contribution in [0.5, 0.6) is 0 Å². The average molecular weight is 379 g/mol. The molecule has 0 bridgehead atoms. The van der Waals surface area contributed by atoms with Gasteiger partial charge in [0.05, 0.1) is 0 Å². The molecule has 1 aliphatic rings. The zero-order chi connectivity index (χ0) is 19.3. The molecule has 3 aromatic rings. The van der Waals surface area contributed by atoms with Crippen molar-refractivity contribution in [3.05, 3.63) is 48.0 Å². The number of carbonyl (C=O) groups is 1. The highest BCUT2D eigenvalue weighted by Gasteiger charge is 2.26. The molecule has 8 nitrogen and oxygen atoms in total. The van der Waals surface area contributed by atoms with Crippen molar-refractivity contribution in [3.63, 3.8) is 0 Å². The van der Waals surface area contributed by atoms with Crippen molar-refractivity contribution in [1.82, 2.24) is 30.6 Å². The summed E-state index contributed by atoms with van der Waals surface area (Å²) in [6.07, 6.45) is 3.58. The van der Waals surface area contributed by atoms with Crippen LogP contribution in [0, 0.1) is 5.92 Å². The minimum absolute atomic E-state index is 0.0622. The van der Waals surface area contributed by atoms with E-state index in [1.54, 1.807) is 0 Å². The topological polar surface area (TPSA) is 88.3 Å². The maximum atomic E-state index is 12.6. The highest BCUT2D eigenvalue weighted by atomic mass is 16.1. The van der Waals surface area contributed by atoms with Crippen LogP contribution < -0.4 is 10.2 Å². The van der Waals surface area contributed by atoms with Crippen LogP contribution in [0.1, 0.15) is 31.7 Å². The zero-order valence-electron chi connectivity index (χ0n) is 16.0. The molecule has 1 aromatic carbocycles. The van der Waals surface area contributed by atoms with E-state index in [4.69, 9.17) is 0 Å². The summed E-state index contributed by atoms with van der Waals surface area (Å²) in [7, 11) is 0. The van der Waals surface area contributed by atoms with Crippen LogP contribution in [0.2, 0.25) is 0 Å². The van der Waals surface area contributed by atoms with Gasteiger partial charge in [-0.15, -0.1) is 14.8 Å². The number of fused-ring (bicyclic) bond motifs is 1. The maximum absolute atomic E-state index is 12.6. The standard InChI is InChI=1S/C20H25N7O/c1-15(7-8-16-5-3-2-4-6-16)21-20(28)17-11-13-26(14-12-17)19-10-9-18-22-24-25-27(18)23-19/h2-6,9-10,15,17H,7-8,11-14H2,1H3,(H,21,28)/t15-/m0/s1. The molecule has 0 saturated carbocycles. The summed E-state index contributed by atoms with van der Waals surface area (Å²) in [4.78, 5) is 14.8. The van der Waals surface area contributed by atoms with Crippen LogP contribution in [-0.2, 0) is 11.2 Å². The van der Waals surface area contributed by atoms with E-state index >= 15 is 0 Å². The number of benzene rings is 1. The molecule has 4 rings (SSSR count). The second kappa shape index (κ2) is 8.33. The van der Waals surface area contributed by atoms with E-state index in [0.717, 1.165) is 44.6 Å². The number of piperidine rings is 1. The van der Waals surface area contributed by atoms with Crippen molar-refractivity contribution in [2.75, 3.05) is 18.0 Å². The Balaban J connectivity index is 1.25. The minimum Gasteiger partial charge on any atom is -0.355 e. The third-order valence-electron chi connectivity index (χ3n) is 5.34. The van der Waals surface area contributed by atoms with Gasteiger partial charge in [-0.25, -0.2) is 0 Å². The van der Waals surface area contributed by atoms with E-state index in [1.807, 2.05) is 18.2 Å². The summed E-state index contributed by atoms with van der Waals surface area (Å²) in [5.41, 5.74) is 1.94. The van der Waals surface area contributed by atoms with Gasteiger partial charge in [-0.1, -0.05) is 30.3 Å². The van der Waals surface area contributed by atoms with Gasteiger partial charge in [-0.3, -0.25) is 4.79 Å². The predicted octanol–water partition coefficient (Wildman–Crippen LogP) is 1.87. The van der Waals surface area contributed by atoms with Gasteiger partial charge in [0.2, 0.25) is 5.91 Å². The highest BCUT2D eigenvalue weighted by molar-refractivity contribution is 5.79. The van der Waals surface area contributed by atoms with Gasteiger partial charge >= 0.3 is 0 Å². The van der Waals surface area contributed by atoms with Crippen LogP contribution in [0.3, 0.4) is 0 Å². The summed E-state index contributed by atoms with van der Waals surface area (Å²) < 4.78 is 1.43. The number of amides is 1. The molecule has 1 aliphatic heterocycles. The second-order valence-corrected chi connectivity index (χ2v) is 7.41. The molecule has 1 atom stereocenters. The molecule has 1 N–H and O–H groups in total. The Hall–Kier alpha value is -3.03. The first-order valence-corrected chi connectivity index (χ1v) is 9.84. The van der Waals surface area contributed by atoms with Gasteiger partial charge in [-0.05, 0) is 60.7 Å². The zero-order valence-corrected chi connectivity index (χ0v) is 16.0. The first-order valence-electron chi connectivity index (χ1n) is 9.84. The molecule has 0 radical (unpaired) electrons. The number of tetrazole rings is 1. The van der Waals surface area contributed by atoms with E-state index in [2.05, 4.69) is 62.0 Å². The quantitative estimate of drug-likeness (QED) is 0.703. The lowest BCUT2D eigenvalue weighted by molar-refractivity contribution is -0.126. The van der Waals surface area contributed by atoms with Gasteiger partial charge in [-0.2, -0.15) is 0 Å². The Kier molecular flexibility index (Phi) is 5.45. The van der Waals surface area contributed by atoms with E-state index in [0.29, 0.717) is 5.65 Å². The van der Waals surface area contributed by atoms with Crippen molar-refractivity contribution in [1.29, 1.82) is 0 Å². The first-order chi connectivity index (χ1) is 13.7. The molecule has 146 valence electrons. The summed E-state index contributed by atoms with van der Waals surface area (Å²) in [6, 6.07) is 14.4. The van der Waals surface area contributed by atoms with E-state index in [9.17, 15) is 4.79 Å². The van der Waals surface area contributed by atoms with Crippen LogP contribution in [-0.4, -0.2) is 50.3 Å². The van der Waals surface area contributed by atoms with Crippen LogP contribution >= 0.6 is 0 Å². The summed E-state index contributed by atoms with van der Waals surface area (Å²) in [5, 5.41) is 19.0. The number of carbonyl (C=O) groups excluding carboxylic acids is 1. The first kappa shape index (κ1) is 18.3. The number of hydrogen-bond acceptors (Lipinski definition) is 6. The third kappa shape index (κ3) is 4.27. The average Bonchev–Trinajstić information content (AvgIpc) is 3.21. The van der Waals surface area contributed by atoms with Crippen molar-refractivity contribution in [2.24, 2.45) is 5.92 Å². The normalized spacial score (nSPS) is 16.2. The maximum Gasteiger partial charge on any atom is 0.223 e. The van der Waals surface area contributed by atoms with Crippen molar-refractivity contribution in [3.8, 4) is 0 Å². The van der Waals surface area contributed by atoms with Crippen molar-refractivity contribution in [2.45, 2.75) is 38.6 Å². The fourth-order valence-electron chi connectivity index (χ4n) is 3.64. The Bertz CT molecular complexity index is 918. The molecule has 0 aliphatic carbocycles. The monoisotopic (exact) mass is 379 g/mol. The Morgan fingerprint density at radius 2 is 1.96 bits per heavy atom. The SMILES string of the molecule is C[C@@H](CCc1ccccc1)NC(=O)C1CCN(c2ccc3nnnn3n2)CC1. The number of aromatic nitrogens is 5. The van der Waals surface area contributed by atoms with Crippen LogP contribution in [0.25, 0.3) is 5.65 Å². The molecule has 1 amide bonds. The summed E-state index contributed by atoms with van der Waals surface area (Å²) in [6.45, 7) is 3.69. The lowest BCUT2D eigenvalue weighted by Gasteiger charge is -2.32. The number of nitrogens with zero attached hydrogens (tertiary/aromatic N) is 6. The number of anilines is 1. The third-order valence-corrected chi connectivity index (χ3v) is 5.34. The van der Waals surface area contributed by atoms with E-state index < -0.39 is 0 Å². The van der Waals surface area contributed by atoms with Crippen LogP contribution in [0.4, 0.5) is 5.82 Å². The highest BCUT2D eigenvalue weighted by Crippen LogP contribution is 2.22. The van der Waals surface area contributed by atoms with Gasteiger partial charge in [0, 0.05) is 25.0 Å². The summed E-state index contributed by atoms with van der Waals surface area (Å²) in [5.74, 6) is 1.08. The van der Waals surface area contributed by atoms with Gasteiger partial charge in [0.25, 0.3) is 0 Å². The lowest BCUT2D eigenvalue weighted by atomic mass is 9.95. The molecule has 2 aromatic heterocycles. The summed E-state index contributed by atoms with van der Waals surface area (Å²) >= 11 is 0. The molecule has 28 heavy (non-hydrogen) atoms. The lowest BCUT2D eigenvalue weighted by Crippen LogP contribution is -2.43. The number of hydrogen-bond donors (Lipinski definition) is 1. The smallest absolute Gasteiger partial charge is 0.223 e. The van der Waals surface area contributed by atoms with Crippen molar-refractivity contribution < 1.29 is 4.79 Å². The minimum atomic E-state index is 0.0622.